The molecule has 1 atom stereocenters. The molecule has 2 heterocycles. The molecule has 18 heavy (non-hydrogen) atoms. The van der Waals surface area contributed by atoms with Crippen LogP contribution in [0.1, 0.15) is 19.0 Å². The second-order valence-corrected chi connectivity index (χ2v) is 6.04. The van der Waals surface area contributed by atoms with Crippen molar-refractivity contribution in [3.63, 3.8) is 0 Å². The Kier molecular flexibility index (Phi) is 3.92. The van der Waals surface area contributed by atoms with Crippen molar-refractivity contribution in [1.82, 2.24) is 4.98 Å². The van der Waals surface area contributed by atoms with E-state index in [1.807, 2.05) is 6.92 Å². The number of rotatable bonds is 2. The van der Waals surface area contributed by atoms with Gasteiger partial charge in [-0.15, -0.1) is 0 Å². The standard InChI is InChI=1S/C12H13ClN2O2S/c1-7-10(3-4-11(13)14-7)15-6-9(5-12(15)17)18-8(2)16/h3-4,9H,5-6H2,1-2H3. The third-order valence-corrected chi connectivity index (χ3v) is 3.93. The minimum atomic E-state index is 0.0287. The number of anilines is 1. The van der Waals surface area contributed by atoms with Crippen molar-refractivity contribution in [3.8, 4) is 0 Å². The predicted molar refractivity (Wildman–Crippen MR) is 73.0 cm³/mol. The molecule has 0 saturated carbocycles. The first-order valence-electron chi connectivity index (χ1n) is 5.58. The summed E-state index contributed by atoms with van der Waals surface area (Å²) in [5, 5.41) is 0.489. The average molecular weight is 285 g/mol. The molecule has 0 spiro atoms. The maximum absolute atomic E-state index is 11.9. The summed E-state index contributed by atoms with van der Waals surface area (Å²) in [6, 6.07) is 3.46. The second-order valence-electron chi connectivity index (χ2n) is 4.18. The molecule has 0 bridgehead atoms. The van der Waals surface area contributed by atoms with Gasteiger partial charge in [0.2, 0.25) is 5.91 Å². The van der Waals surface area contributed by atoms with E-state index in [1.54, 1.807) is 17.0 Å². The number of hydrogen-bond acceptors (Lipinski definition) is 4. The molecule has 1 unspecified atom stereocenters. The molecule has 0 aromatic carbocycles. The van der Waals surface area contributed by atoms with E-state index in [9.17, 15) is 9.59 Å². The molecule has 0 N–H and O–H groups in total. The van der Waals surface area contributed by atoms with Gasteiger partial charge in [0.25, 0.3) is 0 Å². The summed E-state index contributed by atoms with van der Waals surface area (Å²) in [7, 11) is 0. The van der Waals surface area contributed by atoms with Crippen LogP contribution >= 0.6 is 23.4 Å². The Labute approximate surface area is 115 Å². The minimum Gasteiger partial charge on any atom is -0.309 e. The number of amides is 1. The van der Waals surface area contributed by atoms with Gasteiger partial charge in [-0.1, -0.05) is 23.4 Å². The number of carbonyl (C=O) groups excluding carboxylic acids is 2. The summed E-state index contributed by atoms with van der Waals surface area (Å²) < 4.78 is 0. The van der Waals surface area contributed by atoms with E-state index < -0.39 is 0 Å². The summed E-state index contributed by atoms with van der Waals surface area (Å²) >= 11 is 7.02. The van der Waals surface area contributed by atoms with E-state index in [1.165, 1.54) is 18.7 Å². The third-order valence-electron chi connectivity index (χ3n) is 2.74. The summed E-state index contributed by atoms with van der Waals surface area (Å²) in [6.07, 6.45) is 0.395. The van der Waals surface area contributed by atoms with Gasteiger partial charge < -0.3 is 4.90 Å². The Morgan fingerprint density at radius 1 is 1.56 bits per heavy atom. The number of thioether (sulfide) groups is 1. The van der Waals surface area contributed by atoms with Crippen LogP contribution in [0.4, 0.5) is 5.69 Å². The Morgan fingerprint density at radius 2 is 2.28 bits per heavy atom. The van der Waals surface area contributed by atoms with Gasteiger partial charge >= 0.3 is 0 Å². The quantitative estimate of drug-likeness (QED) is 0.783. The first kappa shape index (κ1) is 13.4. The first-order chi connectivity index (χ1) is 8.47. The highest BCUT2D eigenvalue weighted by Gasteiger charge is 2.32. The Balaban J connectivity index is 2.19. The fourth-order valence-corrected chi connectivity index (χ4v) is 3.14. The van der Waals surface area contributed by atoms with Crippen molar-refractivity contribution < 1.29 is 9.59 Å². The highest BCUT2D eigenvalue weighted by atomic mass is 35.5. The fourth-order valence-electron chi connectivity index (χ4n) is 2.03. The fraction of sp³-hybridized carbons (Fsp3) is 0.417. The van der Waals surface area contributed by atoms with Crippen LogP contribution in [0, 0.1) is 6.92 Å². The number of hydrogen-bond donors (Lipinski definition) is 0. The lowest BCUT2D eigenvalue weighted by molar-refractivity contribution is -0.117. The lowest BCUT2D eigenvalue weighted by Crippen LogP contribution is -2.26. The van der Waals surface area contributed by atoms with Gasteiger partial charge in [0.1, 0.15) is 5.15 Å². The molecule has 2 rings (SSSR count). The van der Waals surface area contributed by atoms with Gasteiger partial charge in [0.15, 0.2) is 5.12 Å². The van der Waals surface area contributed by atoms with E-state index in [2.05, 4.69) is 4.98 Å². The van der Waals surface area contributed by atoms with Gasteiger partial charge in [-0.2, -0.15) is 0 Å². The zero-order valence-electron chi connectivity index (χ0n) is 10.1. The Hall–Kier alpha value is -1.07. The molecule has 6 heteroatoms. The Morgan fingerprint density at radius 3 is 2.89 bits per heavy atom. The average Bonchev–Trinajstić information content (AvgIpc) is 2.58. The number of pyridine rings is 1. The molecule has 1 fully saturated rings. The van der Waals surface area contributed by atoms with Crippen molar-refractivity contribution in [3.05, 3.63) is 23.0 Å². The van der Waals surface area contributed by atoms with Crippen LogP contribution in [0.2, 0.25) is 5.15 Å². The lowest BCUT2D eigenvalue weighted by atomic mass is 10.3. The van der Waals surface area contributed by atoms with Crippen LogP contribution in [0.25, 0.3) is 0 Å². The number of halogens is 1. The number of aryl methyl sites for hydroxylation is 1. The molecule has 96 valence electrons. The van der Waals surface area contributed by atoms with E-state index in [-0.39, 0.29) is 16.3 Å². The maximum Gasteiger partial charge on any atom is 0.228 e. The third kappa shape index (κ3) is 2.84. The van der Waals surface area contributed by atoms with Gasteiger partial charge in [0.05, 0.1) is 11.4 Å². The molecule has 0 radical (unpaired) electrons. The van der Waals surface area contributed by atoms with Crippen LogP contribution in [-0.2, 0) is 9.59 Å². The minimum absolute atomic E-state index is 0.0287. The molecular weight excluding hydrogens is 272 g/mol. The first-order valence-corrected chi connectivity index (χ1v) is 6.84. The topological polar surface area (TPSA) is 50.3 Å². The molecule has 1 amide bonds. The lowest BCUT2D eigenvalue weighted by Gasteiger charge is -2.18. The summed E-state index contributed by atoms with van der Waals surface area (Å²) in [4.78, 5) is 28.8. The summed E-state index contributed by atoms with van der Waals surface area (Å²) in [5.41, 5.74) is 1.50. The van der Waals surface area contributed by atoms with E-state index in [0.29, 0.717) is 18.1 Å². The monoisotopic (exact) mass is 284 g/mol. The summed E-state index contributed by atoms with van der Waals surface area (Å²) in [5.74, 6) is 0.0287. The molecule has 1 aromatic heterocycles. The number of carbonyl (C=O) groups is 2. The van der Waals surface area contributed by atoms with Crippen LogP contribution in [0.5, 0.6) is 0 Å². The van der Waals surface area contributed by atoms with E-state index in [0.717, 1.165) is 11.4 Å². The largest absolute Gasteiger partial charge is 0.309 e. The van der Waals surface area contributed by atoms with Crippen LogP contribution < -0.4 is 4.90 Å². The van der Waals surface area contributed by atoms with E-state index in [4.69, 9.17) is 11.6 Å². The highest BCUT2D eigenvalue weighted by Crippen LogP contribution is 2.30. The van der Waals surface area contributed by atoms with Gasteiger partial charge in [-0.3, -0.25) is 9.59 Å². The van der Waals surface area contributed by atoms with Crippen LogP contribution in [-0.4, -0.2) is 27.8 Å². The molecule has 1 saturated heterocycles. The van der Waals surface area contributed by atoms with Crippen molar-refractivity contribution in [2.75, 3.05) is 11.4 Å². The maximum atomic E-state index is 11.9. The van der Waals surface area contributed by atoms with Gasteiger partial charge in [0, 0.05) is 25.1 Å². The van der Waals surface area contributed by atoms with Crippen molar-refractivity contribution in [1.29, 1.82) is 0 Å². The molecule has 4 nitrogen and oxygen atoms in total. The zero-order valence-corrected chi connectivity index (χ0v) is 11.7. The van der Waals surface area contributed by atoms with Gasteiger partial charge in [-0.25, -0.2) is 4.98 Å². The Bertz CT molecular complexity index is 507. The van der Waals surface area contributed by atoms with Crippen LogP contribution in [0.15, 0.2) is 12.1 Å². The van der Waals surface area contributed by atoms with Crippen molar-refractivity contribution in [2.45, 2.75) is 25.5 Å². The molecule has 1 aliphatic heterocycles. The predicted octanol–water partition coefficient (Wildman–Crippen LogP) is 2.43. The van der Waals surface area contributed by atoms with Crippen LogP contribution in [0.3, 0.4) is 0 Å². The number of aromatic nitrogens is 1. The zero-order chi connectivity index (χ0) is 13.3. The molecular formula is C12H13ClN2O2S. The highest BCUT2D eigenvalue weighted by molar-refractivity contribution is 8.14. The molecule has 1 aliphatic rings. The molecule has 1 aromatic rings. The SMILES string of the molecule is CC(=O)SC1CC(=O)N(c2ccc(Cl)nc2C)C1. The molecule has 0 aliphatic carbocycles. The summed E-state index contributed by atoms with van der Waals surface area (Å²) in [6.45, 7) is 3.89. The van der Waals surface area contributed by atoms with Crippen molar-refractivity contribution >= 4 is 40.1 Å². The number of nitrogens with zero attached hydrogens (tertiary/aromatic N) is 2. The smallest absolute Gasteiger partial charge is 0.228 e. The van der Waals surface area contributed by atoms with Crippen molar-refractivity contribution in [2.24, 2.45) is 0 Å². The normalized spacial score (nSPS) is 19.4. The second kappa shape index (κ2) is 5.28. The van der Waals surface area contributed by atoms with E-state index >= 15 is 0 Å². The van der Waals surface area contributed by atoms with Gasteiger partial charge in [-0.05, 0) is 19.1 Å².